The lowest BCUT2D eigenvalue weighted by atomic mass is 10.2. The summed E-state index contributed by atoms with van der Waals surface area (Å²) in [5, 5.41) is 14.0. The van der Waals surface area contributed by atoms with Crippen LogP contribution in [0.5, 0.6) is 0 Å². The Kier molecular flexibility index (Phi) is 5.14. The highest BCUT2D eigenvalue weighted by atomic mass is 32.2. The number of carboxylic acid groups (broad SMARTS) is 1. The number of carboxylic acids is 1. The topological polar surface area (TPSA) is 79.3 Å². The van der Waals surface area contributed by atoms with Gasteiger partial charge in [-0.15, -0.1) is 23.1 Å². The molecule has 2 N–H and O–H groups in total. The van der Waals surface area contributed by atoms with Gasteiger partial charge in [-0.1, -0.05) is 0 Å². The van der Waals surface area contributed by atoms with Gasteiger partial charge in [0.25, 0.3) is 0 Å². The summed E-state index contributed by atoms with van der Waals surface area (Å²) in [5.41, 5.74) is 1.68. The normalized spacial score (nSPS) is 10.2. The van der Waals surface area contributed by atoms with Crippen LogP contribution < -0.4 is 5.32 Å². The van der Waals surface area contributed by atoms with Crippen molar-refractivity contribution in [3.63, 3.8) is 0 Å². The average molecular weight is 308 g/mol. The summed E-state index contributed by atoms with van der Waals surface area (Å²) in [6.07, 6.45) is 1.75. The van der Waals surface area contributed by atoms with Crippen molar-refractivity contribution in [3.8, 4) is 10.6 Å². The molecule has 0 radical (unpaired) electrons. The lowest BCUT2D eigenvalue weighted by molar-refractivity contribution is -0.133. The third-order valence-corrected chi connectivity index (χ3v) is 4.05. The predicted octanol–water partition coefficient (Wildman–Crippen LogP) is 2.57. The maximum atomic E-state index is 11.6. The number of rotatable bonds is 6. The Morgan fingerprint density at radius 1 is 1.25 bits per heavy atom. The van der Waals surface area contributed by atoms with Crippen LogP contribution in [0.25, 0.3) is 10.6 Å². The first-order chi connectivity index (χ1) is 9.65. The number of thiazole rings is 1. The van der Waals surface area contributed by atoms with E-state index >= 15 is 0 Å². The quantitative estimate of drug-likeness (QED) is 0.857. The van der Waals surface area contributed by atoms with E-state index in [2.05, 4.69) is 10.3 Å². The molecule has 2 rings (SSSR count). The number of hydrogen-bond acceptors (Lipinski definition) is 5. The van der Waals surface area contributed by atoms with E-state index in [-0.39, 0.29) is 17.4 Å². The minimum atomic E-state index is -0.921. The van der Waals surface area contributed by atoms with E-state index in [9.17, 15) is 9.59 Å². The number of amides is 1. The second-order valence-corrected chi connectivity index (χ2v) is 5.73. The van der Waals surface area contributed by atoms with Gasteiger partial charge >= 0.3 is 5.97 Å². The van der Waals surface area contributed by atoms with Crippen LogP contribution in [0.2, 0.25) is 0 Å². The number of carbonyl (C=O) groups excluding carboxylic acids is 1. The molecule has 2 aromatic rings. The van der Waals surface area contributed by atoms with E-state index in [0.29, 0.717) is 5.69 Å². The van der Waals surface area contributed by atoms with Gasteiger partial charge in [-0.2, -0.15) is 0 Å². The van der Waals surface area contributed by atoms with E-state index in [0.717, 1.165) is 22.3 Å². The fraction of sp³-hybridized carbons (Fsp3) is 0.154. The van der Waals surface area contributed by atoms with Crippen LogP contribution in [-0.4, -0.2) is 33.5 Å². The zero-order valence-corrected chi connectivity index (χ0v) is 12.0. The summed E-state index contributed by atoms with van der Waals surface area (Å²) in [6, 6.07) is 7.38. The summed E-state index contributed by atoms with van der Waals surface area (Å²) in [7, 11) is 0. The van der Waals surface area contributed by atoms with Gasteiger partial charge in [0.2, 0.25) is 5.91 Å². The fourth-order valence-corrected chi connectivity index (χ4v) is 2.67. The van der Waals surface area contributed by atoms with E-state index in [1.54, 1.807) is 29.7 Å². The Bertz CT molecular complexity index is 582. The monoisotopic (exact) mass is 308 g/mol. The largest absolute Gasteiger partial charge is 0.481 e. The number of aromatic nitrogens is 1. The molecule has 1 heterocycles. The lowest BCUT2D eigenvalue weighted by Gasteiger charge is -2.05. The van der Waals surface area contributed by atoms with Gasteiger partial charge in [-0.3, -0.25) is 9.59 Å². The van der Waals surface area contributed by atoms with Crippen molar-refractivity contribution in [1.82, 2.24) is 4.98 Å². The zero-order chi connectivity index (χ0) is 14.4. The molecule has 0 saturated heterocycles. The van der Waals surface area contributed by atoms with Crippen molar-refractivity contribution in [2.24, 2.45) is 0 Å². The molecule has 1 aromatic carbocycles. The molecule has 1 amide bonds. The summed E-state index contributed by atoms with van der Waals surface area (Å²) in [6.45, 7) is 0. The van der Waals surface area contributed by atoms with Crippen LogP contribution in [0.3, 0.4) is 0 Å². The number of carbonyl (C=O) groups is 2. The molecule has 0 spiro atoms. The highest BCUT2D eigenvalue weighted by molar-refractivity contribution is 8.00. The zero-order valence-electron chi connectivity index (χ0n) is 10.4. The Labute approximate surface area is 124 Å². The van der Waals surface area contributed by atoms with Crippen molar-refractivity contribution < 1.29 is 14.7 Å². The lowest BCUT2D eigenvalue weighted by Crippen LogP contribution is -2.15. The maximum absolute atomic E-state index is 11.6. The van der Waals surface area contributed by atoms with Crippen LogP contribution in [0, 0.1) is 0 Å². The molecule has 5 nitrogen and oxygen atoms in total. The van der Waals surface area contributed by atoms with Gasteiger partial charge in [0, 0.05) is 22.8 Å². The van der Waals surface area contributed by atoms with Gasteiger partial charge in [0.1, 0.15) is 5.01 Å². The summed E-state index contributed by atoms with van der Waals surface area (Å²) in [4.78, 5) is 26.1. The molecule has 0 aliphatic rings. The van der Waals surface area contributed by atoms with Crippen LogP contribution >= 0.6 is 23.1 Å². The first-order valence-electron chi connectivity index (χ1n) is 5.74. The number of nitrogens with one attached hydrogen (secondary N) is 1. The van der Waals surface area contributed by atoms with Crippen molar-refractivity contribution in [1.29, 1.82) is 0 Å². The molecule has 20 heavy (non-hydrogen) atoms. The first-order valence-corrected chi connectivity index (χ1v) is 7.78. The Morgan fingerprint density at radius 3 is 2.60 bits per heavy atom. The molecule has 7 heteroatoms. The van der Waals surface area contributed by atoms with Gasteiger partial charge < -0.3 is 10.4 Å². The van der Waals surface area contributed by atoms with Crippen LogP contribution in [0.15, 0.2) is 35.8 Å². The number of nitrogens with zero attached hydrogens (tertiary/aromatic N) is 1. The van der Waals surface area contributed by atoms with Gasteiger partial charge in [0.05, 0.1) is 11.5 Å². The standard InChI is InChI=1S/C13H12N2O3S2/c16-11(7-19-8-12(17)18)15-10-3-1-9(2-4-10)13-14-5-6-20-13/h1-6H,7-8H2,(H,15,16)(H,17,18). The molecule has 0 saturated carbocycles. The minimum absolute atomic E-state index is 0.0730. The van der Waals surface area contributed by atoms with Crippen molar-refractivity contribution in [3.05, 3.63) is 35.8 Å². The van der Waals surface area contributed by atoms with E-state index < -0.39 is 5.97 Å². The Morgan fingerprint density at radius 2 is 2.00 bits per heavy atom. The Hall–Kier alpha value is -1.86. The van der Waals surface area contributed by atoms with Crippen LogP contribution in [0.1, 0.15) is 0 Å². The molecule has 1 aromatic heterocycles. The number of hydrogen-bond donors (Lipinski definition) is 2. The number of anilines is 1. The molecule has 0 aliphatic heterocycles. The van der Waals surface area contributed by atoms with Crippen molar-refractivity contribution in [2.45, 2.75) is 0 Å². The SMILES string of the molecule is O=C(O)CSCC(=O)Nc1ccc(-c2nccs2)cc1. The fourth-order valence-electron chi connectivity index (χ4n) is 1.49. The van der Waals surface area contributed by atoms with Crippen LogP contribution in [-0.2, 0) is 9.59 Å². The molecule has 0 unspecified atom stereocenters. The maximum Gasteiger partial charge on any atom is 0.313 e. The second kappa shape index (κ2) is 7.06. The number of benzene rings is 1. The molecule has 104 valence electrons. The summed E-state index contributed by atoms with van der Waals surface area (Å²) >= 11 is 2.62. The van der Waals surface area contributed by atoms with E-state index in [1.165, 1.54) is 0 Å². The van der Waals surface area contributed by atoms with Crippen molar-refractivity contribution in [2.75, 3.05) is 16.8 Å². The number of aliphatic carboxylic acids is 1. The van der Waals surface area contributed by atoms with Crippen LogP contribution in [0.4, 0.5) is 5.69 Å². The van der Waals surface area contributed by atoms with Crippen molar-refractivity contribution >= 4 is 40.7 Å². The van der Waals surface area contributed by atoms with E-state index in [4.69, 9.17) is 5.11 Å². The third kappa shape index (κ3) is 4.36. The molecular weight excluding hydrogens is 296 g/mol. The molecule has 0 bridgehead atoms. The minimum Gasteiger partial charge on any atom is -0.481 e. The smallest absolute Gasteiger partial charge is 0.313 e. The predicted molar refractivity (Wildman–Crippen MR) is 81.1 cm³/mol. The van der Waals surface area contributed by atoms with Gasteiger partial charge in [0.15, 0.2) is 0 Å². The van der Waals surface area contributed by atoms with Gasteiger partial charge in [-0.05, 0) is 24.3 Å². The van der Waals surface area contributed by atoms with E-state index in [1.807, 2.05) is 17.5 Å². The second-order valence-electron chi connectivity index (χ2n) is 3.85. The number of thioether (sulfide) groups is 1. The molecule has 0 fully saturated rings. The average Bonchev–Trinajstić information content (AvgIpc) is 2.93. The molecule has 0 atom stereocenters. The highest BCUT2D eigenvalue weighted by Crippen LogP contribution is 2.23. The third-order valence-electron chi connectivity index (χ3n) is 2.31. The molecular formula is C13H12N2O3S2. The summed E-state index contributed by atoms with van der Waals surface area (Å²) in [5.74, 6) is -1.08. The summed E-state index contributed by atoms with van der Waals surface area (Å²) < 4.78 is 0. The van der Waals surface area contributed by atoms with Gasteiger partial charge in [-0.25, -0.2) is 4.98 Å². The Balaban J connectivity index is 1.87. The molecule has 0 aliphatic carbocycles. The highest BCUT2D eigenvalue weighted by Gasteiger charge is 2.05. The first kappa shape index (κ1) is 14.5.